The Morgan fingerprint density at radius 2 is 1.03 bits per heavy atom. The zero-order valence-electron chi connectivity index (χ0n) is 33.9. The normalized spacial score (nSPS) is 11.4. The highest BCUT2D eigenvalue weighted by Gasteiger charge is 2.21. The van der Waals surface area contributed by atoms with Crippen molar-refractivity contribution in [2.75, 3.05) is 13.1 Å². The second-order valence-corrected chi connectivity index (χ2v) is 14.0. The van der Waals surface area contributed by atoms with Crippen LogP contribution in [0.5, 0.6) is 0 Å². The summed E-state index contributed by atoms with van der Waals surface area (Å²) in [4.78, 5) is 68.1. The number of hydrogen-bond acceptors (Lipinski definition) is 8. The smallest absolute Gasteiger partial charge is 0.437 e. The quantitative estimate of drug-likeness (QED) is 0.0205. The van der Waals surface area contributed by atoms with Crippen molar-refractivity contribution in [3.63, 3.8) is 0 Å². The lowest BCUT2D eigenvalue weighted by molar-refractivity contribution is -0.145. The lowest BCUT2D eigenvalue weighted by atomic mass is 10.00. The zero-order valence-corrected chi connectivity index (χ0v) is 33.9. The molecule has 1 atom stereocenters. The Morgan fingerprint density at radius 3 is 1.64 bits per heavy atom. The minimum Gasteiger partial charge on any atom is -0.461 e. The number of benzene rings is 5. The third-order valence-electron chi connectivity index (χ3n) is 9.22. The van der Waals surface area contributed by atoms with Gasteiger partial charge in [0.25, 0.3) is 0 Å². The van der Waals surface area contributed by atoms with Crippen molar-refractivity contribution in [3.8, 4) is 11.1 Å². The van der Waals surface area contributed by atoms with Crippen molar-refractivity contribution in [1.82, 2.24) is 21.3 Å². The van der Waals surface area contributed by atoms with Crippen molar-refractivity contribution in [1.29, 1.82) is 0 Å². The molecule has 0 aliphatic rings. The van der Waals surface area contributed by atoms with Crippen molar-refractivity contribution in [2.45, 2.75) is 64.4 Å². The van der Waals surface area contributed by atoms with E-state index in [0.29, 0.717) is 19.3 Å². The largest absolute Gasteiger partial charge is 0.461 e. The fraction of sp³-hybridized carbons (Fsp3) is 0.250. The van der Waals surface area contributed by atoms with Gasteiger partial charge in [0, 0.05) is 32.4 Å². The van der Waals surface area contributed by atoms with E-state index < -0.39 is 18.2 Å². The first-order chi connectivity index (χ1) is 29.8. The summed E-state index contributed by atoms with van der Waals surface area (Å²) in [6.07, 6.45) is -0.0372. The molecule has 0 aliphatic carbocycles. The van der Waals surface area contributed by atoms with E-state index in [0.717, 1.165) is 33.4 Å². The molecule has 61 heavy (non-hydrogen) atoms. The number of carbonyl (C=O) groups is 5. The second kappa shape index (κ2) is 25.3. The van der Waals surface area contributed by atoms with Crippen molar-refractivity contribution >= 4 is 35.9 Å². The van der Waals surface area contributed by atoms with Gasteiger partial charge >= 0.3 is 18.2 Å². The lowest BCUT2D eigenvalue weighted by Gasteiger charge is -2.19. The number of amides is 4. The van der Waals surface area contributed by atoms with E-state index in [9.17, 15) is 24.0 Å². The number of carbonyl (C=O) groups excluding carboxylic acids is 5. The Kier molecular flexibility index (Phi) is 18.6. The Balaban J connectivity index is 1.11. The Bertz CT molecular complexity index is 2150. The Hall–Kier alpha value is -7.28. The van der Waals surface area contributed by atoms with Gasteiger partial charge in [-0.25, -0.2) is 9.59 Å². The van der Waals surface area contributed by atoms with E-state index >= 15 is 0 Å². The van der Waals surface area contributed by atoms with E-state index in [1.807, 2.05) is 133 Å². The van der Waals surface area contributed by atoms with Crippen molar-refractivity contribution < 1.29 is 38.2 Å². The molecule has 316 valence electrons. The highest BCUT2D eigenvalue weighted by Crippen LogP contribution is 2.20. The highest BCUT2D eigenvalue weighted by molar-refractivity contribution is 5.98. The molecule has 5 rings (SSSR count). The predicted octanol–water partition coefficient (Wildman–Crippen LogP) is 7.40. The average Bonchev–Trinajstić information content (AvgIpc) is 3.29. The van der Waals surface area contributed by atoms with Gasteiger partial charge < -0.3 is 30.2 Å². The number of nitrogens with zero attached hydrogens (tertiary/aromatic N) is 1. The molecule has 0 bridgehead atoms. The first-order valence-electron chi connectivity index (χ1n) is 20.2. The molecule has 0 unspecified atom stereocenters. The SMILES string of the molecule is O=C(CCCCN/C(=N/C(=O)OCc1ccccc1)NC(=O)OCc1ccccc1)N[C@H](Cc1ccc(-c2ccccc2)cc1)C(=O)NCCCC(=O)OCc1ccccc1. The van der Waals surface area contributed by atoms with E-state index in [2.05, 4.69) is 26.3 Å². The maximum atomic E-state index is 13.5. The van der Waals surface area contributed by atoms with Gasteiger partial charge in [-0.2, -0.15) is 0 Å². The van der Waals surface area contributed by atoms with Crippen molar-refractivity contribution in [3.05, 3.63) is 168 Å². The van der Waals surface area contributed by atoms with Crippen LogP contribution in [0.4, 0.5) is 9.59 Å². The van der Waals surface area contributed by atoms with Gasteiger partial charge in [-0.15, -0.1) is 4.99 Å². The third kappa shape index (κ3) is 17.2. The first-order valence-corrected chi connectivity index (χ1v) is 20.2. The van der Waals surface area contributed by atoms with Crippen LogP contribution in [0.2, 0.25) is 0 Å². The van der Waals surface area contributed by atoms with Crippen LogP contribution in [0.15, 0.2) is 151 Å². The number of unbranched alkanes of at least 4 members (excludes halogenated alkanes) is 1. The standard InChI is InChI=1S/C48H51N5O8/c54-43(24-13-14-30-50-46(52-47(57)60-34-38-18-7-2-8-19-38)53-48(58)61-35-39-20-9-3-10-21-39)51-42(32-36-26-28-41(29-27-36)40-22-11-4-12-23-40)45(56)49-31-15-25-44(55)59-33-37-16-5-1-6-17-37/h1-12,16-23,26-29,42H,13-15,24-25,30-35H2,(H,49,56)(H,51,54)(H2,50,52,53,57,58)/t42-/m1/s1. The summed E-state index contributed by atoms with van der Waals surface area (Å²) < 4.78 is 15.9. The van der Waals surface area contributed by atoms with Gasteiger partial charge in [-0.1, -0.05) is 146 Å². The number of guanidine groups is 1. The molecule has 13 nitrogen and oxygen atoms in total. The van der Waals surface area contributed by atoms with Crippen LogP contribution in [-0.2, 0) is 54.8 Å². The number of ether oxygens (including phenoxy) is 3. The minimum atomic E-state index is -0.920. The number of rotatable bonds is 20. The summed E-state index contributed by atoms with van der Waals surface area (Å²) in [5, 5.41) is 11.1. The Labute approximate surface area is 355 Å². The van der Waals surface area contributed by atoms with Crippen LogP contribution in [0.3, 0.4) is 0 Å². The molecule has 0 saturated heterocycles. The molecule has 5 aromatic rings. The lowest BCUT2D eigenvalue weighted by Crippen LogP contribution is -2.48. The average molecular weight is 826 g/mol. The predicted molar refractivity (Wildman–Crippen MR) is 232 cm³/mol. The van der Waals surface area contributed by atoms with Crippen molar-refractivity contribution in [2.24, 2.45) is 4.99 Å². The van der Waals surface area contributed by atoms with Crippen LogP contribution >= 0.6 is 0 Å². The molecule has 0 aromatic heterocycles. The molecule has 4 amide bonds. The fourth-order valence-corrected chi connectivity index (χ4v) is 5.98. The minimum absolute atomic E-state index is 0.00808. The molecule has 0 aliphatic heterocycles. The van der Waals surface area contributed by atoms with E-state index in [-0.39, 0.29) is 75.9 Å². The molecular formula is C48H51N5O8. The molecule has 0 radical (unpaired) electrons. The molecule has 13 heteroatoms. The number of hydrogen-bond donors (Lipinski definition) is 4. The summed E-state index contributed by atoms with van der Waals surface area (Å²) >= 11 is 0. The monoisotopic (exact) mass is 825 g/mol. The number of aliphatic imine (C=N–C) groups is 1. The molecule has 0 spiro atoms. The van der Waals surface area contributed by atoms with Gasteiger partial charge in [-0.05, 0) is 52.6 Å². The van der Waals surface area contributed by atoms with Gasteiger partial charge in [0.2, 0.25) is 17.8 Å². The van der Waals surface area contributed by atoms with Crippen LogP contribution in [-0.4, -0.2) is 55.1 Å². The molecule has 0 fully saturated rings. The van der Waals surface area contributed by atoms with Crippen LogP contribution in [0.25, 0.3) is 11.1 Å². The molecule has 0 saturated carbocycles. The van der Waals surface area contributed by atoms with Gasteiger partial charge in [-0.3, -0.25) is 19.7 Å². The molecule has 5 aromatic carbocycles. The third-order valence-corrected chi connectivity index (χ3v) is 9.22. The van der Waals surface area contributed by atoms with E-state index in [4.69, 9.17) is 14.2 Å². The fourth-order valence-electron chi connectivity index (χ4n) is 5.98. The maximum absolute atomic E-state index is 13.5. The molecule has 4 N–H and O–H groups in total. The maximum Gasteiger partial charge on any atom is 0.437 e. The Morgan fingerprint density at radius 1 is 0.508 bits per heavy atom. The second-order valence-electron chi connectivity index (χ2n) is 14.0. The summed E-state index contributed by atoms with van der Waals surface area (Å²) in [6, 6.07) is 44.5. The van der Waals surface area contributed by atoms with Crippen LogP contribution in [0, 0.1) is 0 Å². The van der Waals surface area contributed by atoms with Gasteiger partial charge in [0.15, 0.2) is 0 Å². The zero-order chi connectivity index (χ0) is 42.9. The summed E-state index contributed by atoms with van der Waals surface area (Å²) in [7, 11) is 0. The van der Waals surface area contributed by atoms with Gasteiger partial charge in [0.1, 0.15) is 25.9 Å². The number of nitrogens with one attached hydrogen (secondary N) is 4. The molecule has 0 heterocycles. The summed E-state index contributed by atoms with van der Waals surface area (Å²) in [5.41, 5.74) is 5.39. The summed E-state index contributed by atoms with van der Waals surface area (Å²) in [5.74, 6) is -1.23. The van der Waals surface area contributed by atoms with E-state index in [1.54, 1.807) is 12.1 Å². The van der Waals surface area contributed by atoms with Crippen LogP contribution in [0.1, 0.15) is 54.4 Å². The van der Waals surface area contributed by atoms with Gasteiger partial charge in [0.05, 0.1) is 0 Å². The number of esters is 1. The highest BCUT2D eigenvalue weighted by atomic mass is 16.6. The summed E-state index contributed by atoms with van der Waals surface area (Å²) in [6.45, 7) is 0.643. The number of alkyl carbamates (subject to hydrolysis) is 1. The van der Waals surface area contributed by atoms with E-state index in [1.165, 1.54) is 0 Å². The first kappa shape index (κ1) is 44.8. The van der Waals surface area contributed by atoms with Crippen LogP contribution < -0.4 is 21.3 Å². The molecular weight excluding hydrogens is 775 g/mol. The topological polar surface area (TPSA) is 174 Å².